The van der Waals surface area contributed by atoms with Gasteiger partial charge < -0.3 is 44.4 Å². The quantitative estimate of drug-likeness (QED) is 0.0852. The fourth-order valence-corrected chi connectivity index (χ4v) is 10.00. The molecule has 1 aliphatic rings. The van der Waals surface area contributed by atoms with E-state index in [1.165, 1.54) is 18.2 Å². The zero-order valence-corrected chi connectivity index (χ0v) is 48.6. The van der Waals surface area contributed by atoms with E-state index in [-0.39, 0.29) is 34.4 Å². The lowest BCUT2D eigenvalue weighted by atomic mass is 9.87. The van der Waals surface area contributed by atoms with Gasteiger partial charge in [-0.1, -0.05) is 87.5 Å². The molecule has 85 heavy (non-hydrogen) atoms. The number of rotatable bonds is 13. The van der Waals surface area contributed by atoms with Crippen LogP contribution in [0.3, 0.4) is 0 Å². The molecular formula is C67H66FN11O6. The van der Waals surface area contributed by atoms with E-state index in [9.17, 15) is 28.7 Å². The zero-order chi connectivity index (χ0) is 60.2. The average molecular weight is 1140 g/mol. The van der Waals surface area contributed by atoms with Crippen molar-refractivity contribution in [3.63, 3.8) is 0 Å². The van der Waals surface area contributed by atoms with E-state index < -0.39 is 23.2 Å². The van der Waals surface area contributed by atoms with Crippen LogP contribution in [-0.4, -0.2) is 94.3 Å². The molecule has 1 saturated heterocycles. The van der Waals surface area contributed by atoms with Gasteiger partial charge in [-0.05, 0) is 130 Å². The number of para-hydroxylation sites is 1. The first-order chi connectivity index (χ1) is 40.7. The number of ether oxygens (including phenoxy) is 1. The highest BCUT2D eigenvalue weighted by Crippen LogP contribution is 2.35. The molecule has 1 unspecified atom stereocenters. The maximum absolute atomic E-state index is 14.8. The van der Waals surface area contributed by atoms with Crippen molar-refractivity contribution in [3.8, 4) is 22.5 Å². The van der Waals surface area contributed by atoms with E-state index in [4.69, 9.17) is 9.72 Å². The van der Waals surface area contributed by atoms with Crippen LogP contribution in [0.4, 0.5) is 38.8 Å². The summed E-state index contributed by atoms with van der Waals surface area (Å²) in [5.74, 6) is -1.37. The summed E-state index contributed by atoms with van der Waals surface area (Å²) in [4.78, 5) is 73.7. The Hall–Kier alpha value is -10.1. The number of amides is 3. The summed E-state index contributed by atoms with van der Waals surface area (Å²) in [6, 6.07) is 41.4. The zero-order valence-electron chi connectivity index (χ0n) is 48.6. The number of aryl methyl sites for hydroxylation is 1. The Morgan fingerprint density at radius 1 is 0.671 bits per heavy atom. The van der Waals surface area contributed by atoms with Crippen LogP contribution < -0.4 is 20.9 Å². The Bertz CT molecular complexity index is 4090. The van der Waals surface area contributed by atoms with E-state index in [0.717, 1.165) is 39.3 Å². The molecule has 3 amide bonds. The molecule has 4 N–H and O–H groups in total. The molecule has 18 heteroatoms. The summed E-state index contributed by atoms with van der Waals surface area (Å²) < 4.78 is 23.8. The third kappa shape index (κ3) is 13.1. The second-order valence-electron chi connectivity index (χ2n) is 22.8. The maximum atomic E-state index is 14.8. The molecule has 0 aliphatic carbocycles. The van der Waals surface area contributed by atoms with Crippen LogP contribution in [0.1, 0.15) is 102 Å². The van der Waals surface area contributed by atoms with Gasteiger partial charge in [0.05, 0.1) is 47.5 Å². The molecule has 10 aromatic rings. The van der Waals surface area contributed by atoms with Gasteiger partial charge in [-0.15, -0.1) is 0 Å². The molecule has 5 heterocycles. The second-order valence-corrected chi connectivity index (χ2v) is 22.8. The van der Waals surface area contributed by atoms with Crippen molar-refractivity contribution in [3.05, 3.63) is 216 Å². The van der Waals surface area contributed by atoms with E-state index in [0.29, 0.717) is 77.3 Å². The number of anilines is 6. The highest BCUT2D eigenvalue weighted by atomic mass is 19.1. The largest absolute Gasteiger partial charge is 0.478 e. The van der Waals surface area contributed by atoms with Crippen LogP contribution >= 0.6 is 0 Å². The monoisotopic (exact) mass is 1140 g/mol. The van der Waals surface area contributed by atoms with Gasteiger partial charge in [-0.2, -0.15) is 0 Å². The van der Waals surface area contributed by atoms with E-state index in [1.54, 1.807) is 65.6 Å². The molecule has 1 aliphatic heterocycles. The number of carbonyl (C=O) groups is 4. The molecule has 0 bridgehead atoms. The number of nitrogens with zero attached hydrogens (tertiary/aromatic N) is 8. The van der Waals surface area contributed by atoms with Gasteiger partial charge in [0.2, 0.25) is 5.91 Å². The van der Waals surface area contributed by atoms with Crippen LogP contribution in [0.25, 0.3) is 33.8 Å². The van der Waals surface area contributed by atoms with Crippen LogP contribution in [0.5, 0.6) is 0 Å². The molecule has 0 spiro atoms. The van der Waals surface area contributed by atoms with Gasteiger partial charge in [0, 0.05) is 89.4 Å². The Labute approximate surface area is 492 Å². The van der Waals surface area contributed by atoms with Crippen molar-refractivity contribution in [2.75, 3.05) is 47.2 Å². The van der Waals surface area contributed by atoms with Gasteiger partial charge >= 0.3 is 5.97 Å². The molecule has 0 saturated carbocycles. The first-order valence-corrected chi connectivity index (χ1v) is 27.9. The molecule has 1 fully saturated rings. The number of carboxylic acids is 1. The topological polar surface area (TPSA) is 201 Å². The minimum absolute atomic E-state index is 0.00987. The number of imidazole rings is 2. The predicted octanol–water partition coefficient (Wildman–Crippen LogP) is 13.4. The van der Waals surface area contributed by atoms with Gasteiger partial charge in [-0.3, -0.25) is 14.4 Å². The van der Waals surface area contributed by atoms with Crippen LogP contribution in [-0.2, 0) is 14.9 Å². The lowest BCUT2D eigenvalue weighted by molar-refractivity contribution is -0.136. The Morgan fingerprint density at radius 3 is 1.87 bits per heavy atom. The minimum Gasteiger partial charge on any atom is -0.478 e. The van der Waals surface area contributed by atoms with Gasteiger partial charge in [0.1, 0.15) is 5.82 Å². The average Bonchev–Trinajstić information content (AvgIpc) is 3.43. The van der Waals surface area contributed by atoms with Gasteiger partial charge in [-0.25, -0.2) is 29.1 Å². The highest BCUT2D eigenvalue weighted by molar-refractivity contribution is 6.08. The number of benzene rings is 6. The fourth-order valence-electron chi connectivity index (χ4n) is 10.00. The number of halogens is 1. The number of hydrogen-bond donors (Lipinski definition) is 4. The summed E-state index contributed by atoms with van der Waals surface area (Å²) in [6.07, 6.45) is 10.6. The standard InChI is InChI=1S/C37H40N6O3.C30H26FN5O3/c1-25-11-12-29(23-32(25)43(37(3,4)5)36(45)28-9-7-6-8-10-28)31-24-42-18-17-38-34(42)33(40-31)39-30-15-13-27(14-16-30)26(2)35(44)41-19-21-46-22-20-41;1-30(2,3)20-11-8-18(9-12-20)28(37)35-24-16-19(10-13-22(24)31)25-17-36-15-14-32-27(36)26(34-25)33-23-7-5-4-6-21(23)29(38)39/h6-18,23-24,26H,19-22H2,1-5H3,(H,39,40);4-17H,1-3H3,(H,33,34)(H,35,37)(H,38,39). The van der Waals surface area contributed by atoms with E-state index in [1.807, 2.05) is 146 Å². The molecule has 6 aromatic carbocycles. The van der Waals surface area contributed by atoms with Crippen molar-refractivity contribution < 1.29 is 33.4 Å². The fraction of sp³-hybridized carbons (Fsp3) is 0.224. The summed E-state index contributed by atoms with van der Waals surface area (Å²) in [7, 11) is 0. The van der Waals surface area contributed by atoms with Crippen molar-refractivity contribution in [1.82, 2.24) is 33.6 Å². The summed E-state index contributed by atoms with van der Waals surface area (Å²) in [5, 5.41) is 18.7. The first kappa shape index (κ1) is 58.1. The summed E-state index contributed by atoms with van der Waals surface area (Å²) in [5.41, 5.74) is 9.44. The third-order valence-corrected chi connectivity index (χ3v) is 14.7. The number of aromatic carboxylic acids is 1. The SMILES string of the molecule is CC(C)(C)c1ccc(C(=O)Nc2cc(-c3cn4ccnc4c(Nc4ccccc4C(=O)O)n3)ccc2F)cc1.Cc1ccc(-c2cn3ccnc3c(Nc3ccc(C(C)C(=O)N4CCOCC4)cc3)n2)cc1N(C(=O)c1ccccc1)C(C)(C)C. The lowest BCUT2D eigenvalue weighted by Gasteiger charge is -2.37. The number of aromatic nitrogens is 6. The number of morpholine rings is 1. The second kappa shape index (κ2) is 24.4. The predicted molar refractivity (Wildman–Crippen MR) is 330 cm³/mol. The Kier molecular flexibility index (Phi) is 16.7. The molecule has 17 nitrogen and oxygen atoms in total. The Balaban J connectivity index is 0.000000192. The van der Waals surface area contributed by atoms with Crippen LogP contribution in [0.2, 0.25) is 0 Å². The van der Waals surface area contributed by atoms with Crippen molar-refractivity contribution in [2.24, 2.45) is 0 Å². The minimum atomic E-state index is -1.08. The molecule has 1 atom stereocenters. The van der Waals surface area contributed by atoms with Gasteiger partial charge in [0.15, 0.2) is 22.9 Å². The number of nitrogens with one attached hydrogen (secondary N) is 3. The molecule has 432 valence electrons. The number of fused-ring (bicyclic) bond motifs is 2. The number of carbonyl (C=O) groups excluding carboxylic acids is 3. The van der Waals surface area contributed by atoms with Crippen LogP contribution in [0, 0.1) is 12.7 Å². The smallest absolute Gasteiger partial charge is 0.337 e. The number of carboxylic acid groups (broad SMARTS) is 1. The summed E-state index contributed by atoms with van der Waals surface area (Å²) >= 11 is 0. The highest BCUT2D eigenvalue weighted by Gasteiger charge is 2.31. The maximum Gasteiger partial charge on any atom is 0.337 e. The molecule has 4 aromatic heterocycles. The molecule has 11 rings (SSSR count). The number of hydrogen-bond acceptors (Lipinski definition) is 11. The van der Waals surface area contributed by atoms with E-state index >= 15 is 0 Å². The lowest BCUT2D eigenvalue weighted by Crippen LogP contribution is -2.46. The van der Waals surface area contributed by atoms with Crippen molar-refractivity contribution in [1.29, 1.82) is 0 Å². The normalized spacial score (nSPS) is 12.9. The van der Waals surface area contributed by atoms with Crippen molar-refractivity contribution >= 4 is 69.4 Å². The van der Waals surface area contributed by atoms with Crippen molar-refractivity contribution in [2.45, 2.75) is 72.3 Å². The molecule has 0 radical (unpaired) electrons. The van der Waals surface area contributed by atoms with Gasteiger partial charge in [0.25, 0.3) is 11.8 Å². The first-order valence-electron chi connectivity index (χ1n) is 27.9. The third-order valence-electron chi connectivity index (χ3n) is 14.7. The Morgan fingerprint density at radius 2 is 1.26 bits per heavy atom. The van der Waals surface area contributed by atoms with E-state index in [2.05, 4.69) is 51.7 Å². The van der Waals surface area contributed by atoms with Crippen LogP contribution in [0.15, 0.2) is 177 Å². The summed E-state index contributed by atoms with van der Waals surface area (Å²) in [6.45, 7) is 18.8. The molecular weight excluding hydrogens is 1070 g/mol.